The van der Waals surface area contributed by atoms with Gasteiger partial charge in [-0.3, -0.25) is 0 Å². The first kappa shape index (κ1) is 15.8. The molecule has 4 atom stereocenters. The molecule has 0 aromatic rings. The summed E-state index contributed by atoms with van der Waals surface area (Å²) in [6.07, 6.45) is 13.1. The van der Waals surface area contributed by atoms with Crippen molar-refractivity contribution in [3.63, 3.8) is 0 Å². The Morgan fingerprint density at radius 3 is 2.50 bits per heavy atom. The molecule has 1 N–H and O–H groups in total. The minimum absolute atomic E-state index is 0.273. The topological polar surface area (TPSA) is 20.2 Å². The van der Waals surface area contributed by atoms with E-state index < -0.39 is 5.60 Å². The SMILES string of the molecule is C=C/C=C/C[C@@H]1[C@@]2(C)CCCC(C)(C)C2CC[C@@]1(C)O. The Kier molecular flexibility index (Phi) is 4.22. The molecule has 0 aromatic carbocycles. The number of allylic oxidation sites excluding steroid dienone is 3. The molecule has 1 heteroatoms. The second-order valence-electron chi connectivity index (χ2n) is 8.25. The van der Waals surface area contributed by atoms with Gasteiger partial charge in [-0.1, -0.05) is 52.0 Å². The van der Waals surface area contributed by atoms with Crippen LogP contribution in [-0.2, 0) is 0 Å². The molecule has 1 unspecified atom stereocenters. The molecule has 0 saturated heterocycles. The first-order valence-corrected chi connectivity index (χ1v) is 8.24. The Labute approximate surface area is 125 Å². The zero-order valence-electron chi connectivity index (χ0n) is 13.8. The van der Waals surface area contributed by atoms with E-state index in [-0.39, 0.29) is 5.41 Å². The number of hydrogen-bond acceptors (Lipinski definition) is 1. The number of hydrogen-bond donors (Lipinski definition) is 1. The highest BCUT2D eigenvalue weighted by atomic mass is 16.3. The number of aliphatic hydroxyl groups is 1. The largest absolute Gasteiger partial charge is 0.390 e. The van der Waals surface area contributed by atoms with Crippen LogP contribution in [0.3, 0.4) is 0 Å². The third kappa shape index (κ3) is 2.62. The fourth-order valence-corrected chi connectivity index (χ4v) is 5.46. The van der Waals surface area contributed by atoms with Crippen LogP contribution in [0, 0.1) is 22.7 Å². The molecule has 2 fully saturated rings. The van der Waals surface area contributed by atoms with Crippen LogP contribution in [0.4, 0.5) is 0 Å². The highest BCUT2D eigenvalue weighted by Crippen LogP contribution is 2.62. The smallest absolute Gasteiger partial charge is 0.0656 e. The van der Waals surface area contributed by atoms with Gasteiger partial charge in [0.15, 0.2) is 0 Å². The van der Waals surface area contributed by atoms with Gasteiger partial charge in [0.05, 0.1) is 5.60 Å². The summed E-state index contributed by atoms with van der Waals surface area (Å²) in [6.45, 7) is 13.1. The lowest BCUT2D eigenvalue weighted by Crippen LogP contribution is -2.57. The molecule has 2 rings (SSSR count). The maximum Gasteiger partial charge on any atom is 0.0656 e. The van der Waals surface area contributed by atoms with Crippen molar-refractivity contribution in [2.24, 2.45) is 22.7 Å². The van der Waals surface area contributed by atoms with Crippen molar-refractivity contribution in [3.05, 3.63) is 24.8 Å². The minimum Gasteiger partial charge on any atom is -0.390 e. The van der Waals surface area contributed by atoms with Crippen LogP contribution in [0.1, 0.15) is 66.2 Å². The second-order valence-corrected chi connectivity index (χ2v) is 8.25. The van der Waals surface area contributed by atoms with Gasteiger partial charge >= 0.3 is 0 Å². The Morgan fingerprint density at radius 2 is 1.85 bits per heavy atom. The van der Waals surface area contributed by atoms with Gasteiger partial charge in [0, 0.05) is 0 Å². The van der Waals surface area contributed by atoms with Gasteiger partial charge in [-0.25, -0.2) is 0 Å². The van der Waals surface area contributed by atoms with Crippen LogP contribution in [0.15, 0.2) is 24.8 Å². The van der Waals surface area contributed by atoms with Gasteiger partial charge in [0.2, 0.25) is 0 Å². The fourth-order valence-electron chi connectivity index (χ4n) is 5.46. The van der Waals surface area contributed by atoms with Crippen molar-refractivity contribution in [1.82, 2.24) is 0 Å². The van der Waals surface area contributed by atoms with Crippen LogP contribution in [-0.4, -0.2) is 10.7 Å². The Hall–Kier alpha value is -0.560. The van der Waals surface area contributed by atoms with Crippen LogP contribution in [0.5, 0.6) is 0 Å². The Balaban J connectivity index is 2.32. The summed E-state index contributed by atoms with van der Waals surface area (Å²) in [5.74, 6) is 1.11. The first-order chi connectivity index (χ1) is 9.24. The third-order valence-corrected chi connectivity index (χ3v) is 6.41. The molecule has 0 bridgehead atoms. The van der Waals surface area contributed by atoms with Gasteiger partial charge in [0.1, 0.15) is 0 Å². The highest BCUT2D eigenvalue weighted by molar-refractivity contribution is 5.10. The van der Waals surface area contributed by atoms with Crippen LogP contribution in [0.25, 0.3) is 0 Å². The average molecular weight is 276 g/mol. The number of fused-ring (bicyclic) bond motifs is 1. The van der Waals surface area contributed by atoms with E-state index in [4.69, 9.17) is 0 Å². The molecule has 0 aliphatic heterocycles. The summed E-state index contributed by atoms with van der Waals surface area (Å²) in [6, 6.07) is 0. The molecular weight excluding hydrogens is 244 g/mol. The van der Waals surface area contributed by atoms with E-state index >= 15 is 0 Å². The van der Waals surface area contributed by atoms with Crippen molar-refractivity contribution < 1.29 is 5.11 Å². The van der Waals surface area contributed by atoms with Gasteiger partial charge in [0.25, 0.3) is 0 Å². The molecule has 0 radical (unpaired) electrons. The van der Waals surface area contributed by atoms with Crippen LogP contribution >= 0.6 is 0 Å². The molecule has 1 nitrogen and oxygen atoms in total. The summed E-state index contributed by atoms with van der Waals surface area (Å²) in [4.78, 5) is 0. The maximum absolute atomic E-state index is 10.9. The fraction of sp³-hybridized carbons (Fsp3) is 0.789. The summed E-state index contributed by atoms with van der Waals surface area (Å²) in [5.41, 5.74) is 0.170. The Morgan fingerprint density at radius 1 is 1.15 bits per heavy atom. The van der Waals surface area contributed by atoms with Gasteiger partial charge in [-0.15, -0.1) is 0 Å². The minimum atomic E-state index is -0.524. The zero-order valence-corrected chi connectivity index (χ0v) is 13.8. The van der Waals surface area contributed by atoms with Crippen LogP contribution in [0.2, 0.25) is 0 Å². The predicted octanol–water partition coefficient (Wildman–Crippen LogP) is 5.11. The van der Waals surface area contributed by atoms with Crippen molar-refractivity contribution in [1.29, 1.82) is 0 Å². The van der Waals surface area contributed by atoms with Gasteiger partial charge in [-0.2, -0.15) is 0 Å². The van der Waals surface area contributed by atoms with E-state index in [1.165, 1.54) is 25.7 Å². The summed E-state index contributed by atoms with van der Waals surface area (Å²) < 4.78 is 0. The lowest BCUT2D eigenvalue weighted by Gasteiger charge is -2.61. The Bertz CT molecular complexity index is 391. The maximum atomic E-state index is 10.9. The normalized spacial score (nSPS) is 44.2. The van der Waals surface area contributed by atoms with E-state index in [1.807, 2.05) is 12.2 Å². The van der Waals surface area contributed by atoms with E-state index in [0.717, 1.165) is 18.8 Å². The molecule has 114 valence electrons. The van der Waals surface area contributed by atoms with E-state index in [0.29, 0.717) is 11.3 Å². The van der Waals surface area contributed by atoms with Crippen molar-refractivity contribution in [3.8, 4) is 0 Å². The summed E-state index contributed by atoms with van der Waals surface area (Å²) >= 11 is 0. The quantitative estimate of drug-likeness (QED) is 0.710. The van der Waals surface area contributed by atoms with Crippen molar-refractivity contribution in [2.45, 2.75) is 71.8 Å². The molecule has 0 amide bonds. The van der Waals surface area contributed by atoms with E-state index in [9.17, 15) is 5.11 Å². The van der Waals surface area contributed by atoms with Crippen LogP contribution < -0.4 is 0 Å². The molecule has 20 heavy (non-hydrogen) atoms. The molecule has 2 saturated carbocycles. The predicted molar refractivity (Wildman–Crippen MR) is 86.5 cm³/mol. The second kappa shape index (κ2) is 5.33. The highest BCUT2D eigenvalue weighted by Gasteiger charge is 2.57. The monoisotopic (exact) mass is 276 g/mol. The summed E-state index contributed by atoms with van der Waals surface area (Å²) in [7, 11) is 0. The summed E-state index contributed by atoms with van der Waals surface area (Å²) in [5, 5.41) is 10.9. The molecule has 2 aliphatic carbocycles. The molecular formula is C19H32O. The first-order valence-electron chi connectivity index (χ1n) is 8.24. The molecule has 0 aromatic heterocycles. The number of rotatable bonds is 3. The third-order valence-electron chi connectivity index (χ3n) is 6.41. The molecule has 0 spiro atoms. The van der Waals surface area contributed by atoms with E-state index in [1.54, 1.807) is 0 Å². The lowest BCUT2D eigenvalue weighted by molar-refractivity contribution is -0.165. The van der Waals surface area contributed by atoms with E-state index in [2.05, 4.69) is 40.3 Å². The zero-order chi connectivity index (χ0) is 15.0. The lowest BCUT2D eigenvalue weighted by atomic mass is 9.45. The van der Waals surface area contributed by atoms with Gasteiger partial charge in [-0.05, 0) is 61.7 Å². The van der Waals surface area contributed by atoms with Crippen molar-refractivity contribution in [2.75, 3.05) is 0 Å². The van der Waals surface area contributed by atoms with Crippen molar-refractivity contribution >= 4 is 0 Å². The van der Waals surface area contributed by atoms with Gasteiger partial charge < -0.3 is 5.11 Å². The molecule has 2 aliphatic rings. The standard InChI is InChI=1S/C19H32O/c1-6-7-8-10-16-18(4)13-9-12-17(2,3)15(18)11-14-19(16,5)20/h6-8,15-16,20H,1,9-14H2,2-5H3/b8-7+/t15?,16-,18+,19-/m1/s1. The molecule has 0 heterocycles. The average Bonchev–Trinajstić information content (AvgIpc) is 2.31.